The van der Waals surface area contributed by atoms with Crippen LogP contribution in [-0.2, 0) is 4.84 Å². The number of rotatable bonds is 3. The third kappa shape index (κ3) is 3.11. The maximum Gasteiger partial charge on any atom is 0.366 e. The lowest BCUT2D eigenvalue weighted by molar-refractivity contribution is 0.0593. The summed E-state index contributed by atoms with van der Waals surface area (Å²) in [5.41, 5.74) is 5.59. The molecule has 0 unspecified atom stereocenters. The topological polar surface area (TPSA) is 58.6 Å². The highest BCUT2D eigenvalue weighted by atomic mass is 16.7. The van der Waals surface area contributed by atoms with Crippen LogP contribution in [0.25, 0.3) is 10.8 Å². The number of phenols is 1. The summed E-state index contributed by atoms with van der Waals surface area (Å²) < 4.78 is 0. The van der Waals surface area contributed by atoms with Crippen LogP contribution in [0.4, 0.5) is 5.69 Å². The Balaban J connectivity index is 1.81. The van der Waals surface area contributed by atoms with Crippen LogP contribution >= 0.6 is 0 Å². The van der Waals surface area contributed by atoms with E-state index < -0.39 is 5.97 Å². The first-order chi connectivity index (χ1) is 11.0. The molecule has 0 fully saturated rings. The third-order valence-electron chi connectivity index (χ3n) is 3.72. The first-order valence-corrected chi connectivity index (χ1v) is 7.31. The van der Waals surface area contributed by atoms with Gasteiger partial charge in [0, 0.05) is 0 Å². The van der Waals surface area contributed by atoms with E-state index in [1.807, 2.05) is 56.3 Å². The van der Waals surface area contributed by atoms with E-state index in [9.17, 15) is 9.90 Å². The van der Waals surface area contributed by atoms with E-state index in [2.05, 4.69) is 5.48 Å². The zero-order valence-electron chi connectivity index (χ0n) is 13.0. The number of hydrogen-bond acceptors (Lipinski definition) is 4. The molecule has 0 saturated carbocycles. The second kappa shape index (κ2) is 6.01. The van der Waals surface area contributed by atoms with Gasteiger partial charge in [-0.25, -0.2) is 10.3 Å². The fourth-order valence-corrected chi connectivity index (χ4v) is 2.48. The Morgan fingerprint density at radius 3 is 2.39 bits per heavy atom. The normalized spacial score (nSPS) is 10.5. The predicted octanol–water partition coefficient (Wildman–Crippen LogP) is 4.35. The zero-order chi connectivity index (χ0) is 16.4. The summed E-state index contributed by atoms with van der Waals surface area (Å²) >= 11 is 0. The molecule has 0 amide bonds. The first-order valence-electron chi connectivity index (χ1n) is 7.31. The minimum absolute atomic E-state index is 0.101. The van der Waals surface area contributed by atoms with E-state index in [1.54, 1.807) is 12.1 Å². The number of benzene rings is 3. The van der Waals surface area contributed by atoms with Crippen molar-refractivity contribution in [2.24, 2.45) is 0 Å². The molecule has 0 saturated heterocycles. The number of hydrogen-bond donors (Lipinski definition) is 2. The van der Waals surface area contributed by atoms with Crippen LogP contribution in [0.2, 0.25) is 0 Å². The molecule has 0 heterocycles. The number of carbonyl (C=O) groups is 1. The van der Waals surface area contributed by atoms with E-state index in [-0.39, 0.29) is 11.3 Å². The van der Waals surface area contributed by atoms with Gasteiger partial charge >= 0.3 is 5.97 Å². The van der Waals surface area contributed by atoms with Gasteiger partial charge in [-0.2, -0.15) is 0 Å². The molecule has 0 aliphatic rings. The Morgan fingerprint density at radius 2 is 1.70 bits per heavy atom. The minimum Gasteiger partial charge on any atom is -0.507 e. The van der Waals surface area contributed by atoms with Gasteiger partial charge in [0.2, 0.25) is 0 Å². The predicted molar refractivity (Wildman–Crippen MR) is 90.6 cm³/mol. The molecule has 0 aromatic heterocycles. The lowest BCUT2D eigenvalue weighted by Crippen LogP contribution is -2.11. The summed E-state index contributed by atoms with van der Waals surface area (Å²) in [6, 6.07) is 16.4. The first kappa shape index (κ1) is 14.9. The number of aromatic hydroxyl groups is 1. The molecule has 0 spiro atoms. The van der Waals surface area contributed by atoms with Crippen molar-refractivity contribution >= 4 is 22.4 Å². The number of phenolic OH excluding ortho intramolecular Hbond substituents is 1. The van der Waals surface area contributed by atoms with Gasteiger partial charge in [-0.1, -0.05) is 42.0 Å². The molecule has 3 rings (SSSR count). The lowest BCUT2D eigenvalue weighted by Gasteiger charge is -2.11. The Bertz CT molecular complexity index is 887. The van der Waals surface area contributed by atoms with Gasteiger partial charge in [0.1, 0.15) is 11.3 Å². The molecule has 23 heavy (non-hydrogen) atoms. The number of fused-ring (bicyclic) bond motifs is 1. The van der Waals surface area contributed by atoms with Crippen molar-refractivity contribution in [2.75, 3.05) is 5.48 Å². The Hall–Kier alpha value is -3.01. The average Bonchev–Trinajstić information content (AvgIpc) is 2.53. The molecule has 0 radical (unpaired) electrons. The summed E-state index contributed by atoms with van der Waals surface area (Å²) in [7, 11) is 0. The molecule has 3 aromatic rings. The molecule has 4 nitrogen and oxygen atoms in total. The molecule has 2 N–H and O–H groups in total. The van der Waals surface area contributed by atoms with Crippen LogP contribution in [0.3, 0.4) is 0 Å². The van der Waals surface area contributed by atoms with E-state index in [1.165, 1.54) is 0 Å². The van der Waals surface area contributed by atoms with Gasteiger partial charge in [-0.05, 0) is 48.4 Å². The molecule has 0 bridgehead atoms. The fraction of sp³-hybridized carbons (Fsp3) is 0.105. The van der Waals surface area contributed by atoms with E-state index in [0.717, 1.165) is 21.9 Å². The fourth-order valence-electron chi connectivity index (χ4n) is 2.48. The number of carbonyl (C=O) groups excluding carboxylic acids is 1. The quantitative estimate of drug-likeness (QED) is 0.706. The number of anilines is 1. The summed E-state index contributed by atoms with van der Waals surface area (Å²) in [6.45, 7) is 3.92. The summed E-state index contributed by atoms with van der Waals surface area (Å²) in [4.78, 5) is 17.3. The van der Waals surface area contributed by atoms with Crippen LogP contribution in [-0.4, -0.2) is 11.1 Å². The second-order valence-corrected chi connectivity index (χ2v) is 5.53. The average molecular weight is 307 g/mol. The van der Waals surface area contributed by atoms with Crippen LogP contribution in [0.1, 0.15) is 21.5 Å². The Labute approximate surface area is 134 Å². The van der Waals surface area contributed by atoms with Crippen molar-refractivity contribution in [3.05, 3.63) is 71.3 Å². The van der Waals surface area contributed by atoms with Crippen LogP contribution in [0.5, 0.6) is 5.75 Å². The highest BCUT2D eigenvalue weighted by molar-refractivity contribution is 5.98. The van der Waals surface area contributed by atoms with E-state index >= 15 is 0 Å². The Morgan fingerprint density at radius 1 is 1.00 bits per heavy atom. The summed E-state index contributed by atoms with van der Waals surface area (Å²) in [6.07, 6.45) is 0. The number of aryl methyl sites for hydroxylation is 2. The molecule has 0 aliphatic heterocycles. The molecular formula is C19H17NO3. The van der Waals surface area contributed by atoms with Crippen LogP contribution in [0, 0.1) is 13.8 Å². The molecular weight excluding hydrogens is 290 g/mol. The number of nitrogens with one attached hydrogen (secondary N) is 1. The van der Waals surface area contributed by atoms with E-state index in [4.69, 9.17) is 4.84 Å². The van der Waals surface area contributed by atoms with Gasteiger partial charge in [0.15, 0.2) is 0 Å². The van der Waals surface area contributed by atoms with Gasteiger partial charge in [-0.15, -0.1) is 0 Å². The Kier molecular flexibility index (Phi) is 3.89. The largest absolute Gasteiger partial charge is 0.507 e. The maximum absolute atomic E-state index is 12.2. The van der Waals surface area contributed by atoms with Gasteiger partial charge < -0.3 is 9.94 Å². The SMILES string of the molecule is Cc1ccc(NOC(=O)c2cc3ccccc3cc2O)c(C)c1. The van der Waals surface area contributed by atoms with Crippen molar-refractivity contribution in [1.29, 1.82) is 0 Å². The monoisotopic (exact) mass is 307 g/mol. The van der Waals surface area contributed by atoms with Crippen molar-refractivity contribution in [3.63, 3.8) is 0 Å². The van der Waals surface area contributed by atoms with Gasteiger partial charge in [0.25, 0.3) is 0 Å². The minimum atomic E-state index is -0.631. The molecule has 0 atom stereocenters. The molecule has 116 valence electrons. The molecule has 3 aromatic carbocycles. The highest BCUT2D eigenvalue weighted by Gasteiger charge is 2.14. The van der Waals surface area contributed by atoms with Crippen molar-refractivity contribution in [3.8, 4) is 5.75 Å². The second-order valence-electron chi connectivity index (χ2n) is 5.53. The van der Waals surface area contributed by atoms with Gasteiger partial charge in [-0.3, -0.25) is 0 Å². The lowest BCUT2D eigenvalue weighted by atomic mass is 10.1. The molecule has 0 aliphatic carbocycles. The summed E-state index contributed by atoms with van der Waals surface area (Å²) in [5.74, 6) is -0.732. The summed E-state index contributed by atoms with van der Waals surface area (Å²) in [5, 5.41) is 11.8. The van der Waals surface area contributed by atoms with Crippen LogP contribution < -0.4 is 5.48 Å². The smallest absolute Gasteiger partial charge is 0.366 e. The van der Waals surface area contributed by atoms with Crippen molar-refractivity contribution < 1.29 is 14.7 Å². The zero-order valence-corrected chi connectivity index (χ0v) is 13.0. The standard InChI is InChI=1S/C19H17NO3/c1-12-7-8-17(13(2)9-12)20-23-19(22)16-10-14-5-3-4-6-15(14)11-18(16)21/h3-11,20-21H,1-2H3. The van der Waals surface area contributed by atoms with Gasteiger partial charge in [0.05, 0.1) is 5.69 Å². The third-order valence-corrected chi connectivity index (χ3v) is 3.72. The van der Waals surface area contributed by atoms with Crippen molar-refractivity contribution in [1.82, 2.24) is 0 Å². The van der Waals surface area contributed by atoms with Crippen LogP contribution in [0.15, 0.2) is 54.6 Å². The van der Waals surface area contributed by atoms with E-state index in [0.29, 0.717) is 5.69 Å². The maximum atomic E-state index is 12.2. The molecule has 4 heteroatoms. The van der Waals surface area contributed by atoms with Crippen molar-refractivity contribution in [2.45, 2.75) is 13.8 Å². The highest BCUT2D eigenvalue weighted by Crippen LogP contribution is 2.26.